The van der Waals surface area contributed by atoms with Crippen LogP contribution in [-0.4, -0.2) is 16.2 Å². The zero-order valence-corrected chi connectivity index (χ0v) is 11.1. The van der Waals surface area contributed by atoms with E-state index in [9.17, 15) is 15.0 Å². The molecule has 1 aromatic rings. The summed E-state index contributed by atoms with van der Waals surface area (Å²) in [6, 6.07) is 3.48. The Kier molecular flexibility index (Phi) is 3.53. The maximum Gasteiger partial charge on any atom is 0.314 e. The van der Waals surface area contributed by atoms with Gasteiger partial charge in [0.15, 0.2) is 0 Å². The van der Waals surface area contributed by atoms with Crippen LogP contribution in [0.2, 0.25) is 5.02 Å². The van der Waals surface area contributed by atoms with Crippen LogP contribution in [-0.2, 0) is 10.2 Å². The molecule has 0 aromatic heterocycles. The smallest absolute Gasteiger partial charge is 0.314 e. The SMILES string of the molecule is Cc1ccc(C2(C(=O)O)CCCCC2)c(Cl)c1O. The number of phenols is 1. The third-order valence-electron chi connectivity index (χ3n) is 3.95. The summed E-state index contributed by atoms with van der Waals surface area (Å²) in [4.78, 5) is 11.7. The molecule has 2 N–H and O–H groups in total. The quantitative estimate of drug-likeness (QED) is 0.861. The fourth-order valence-corrected chi connectivity index (χ4v) is 3.18. The predicted molar refractivity (Wildman–Crippen MR) is 70.3 cm³/mol. The third-order valence-corrected chi connectivity index (χ3v) is 4.33. The Morgan fingerprint density at radius 2 is 1.89 bits per heavy atom. The molecule has 3 nitrogen and oxygen atoms in total. The Morgan fingerprint density at radius 1 is 1.28 bits per heavy atom. The second-order valence-electron chi connectivity index (χ2n) is 5.04. The molecule has 2 rings (SSSR count). The van der Waals surface area contributed by atoms with Crippen LogP contribution in [0, 0.1) is 6.92 Å². The molecule has 0 unspecified atom stereocenters. The first-order valence-electron chi connectivity index (χ1n) is 6.21. The number of carbonyl (C=O) groups is 1. The highest BCUT2D eigenvalue weighted by Crippen LogP contribution is 2.45. The van der Waals surface area contributed by atoms with Gasteiger partial charge in [-0.3, -0.25) is 4.79 Å². The maximum atomic E-state index is 11.7. The van der Waals surface area contributed by atoms with Gasteiger partial charge in [-0.15, -0.1) is 0 Å². The van der Waals surface area contributed by atoms with E-state index in [1.54, 1.807) is 19.1 Å². The normalized spacial score (nSPS) is 18.6. The second kappa shape index (κ2) is 4.81. The number of benzene rings is 1. The number of hydrogen-bond acceptors (Lipinski definition) is 2. The van der Waals surface area contributed by atoms with Crippen molar-refractivity contribution in [2.45, 2.75) is 44.4 Å². The van der Waals surface area contributed by atoms with Gasteiger partial charge in [0, 0.05) is 0 Å². The van der Waals surface area contributed by atoms with Gasteiger partial charge in [-0.05, 0) is 30.9 Å². The summed E-state index contributed by atoms with van der Waals surface area (Å²) < 4.78 is 0. The van der Waals surface area contributed by atoms with Crippen LogP contribution >= 0.6 is 11.6 Å². The van der Waals surface area contributed by atoms with Gasteiger partial charge in [-0.2, -0.15) is 0 Å². The molecule has 1 aliphatic rings. The van der Waals surface area contributed by atoms with Crippen LogP contribution in [0.5, 0.6) is 5.75 Å². The number of halogens is 1. The van der Waals surface area contributed by atoms with Gasteiger partial charge in [0.2, 0.25) is 0 Å². The molecule has 4 heteroatoms. The molecule has 1 aromatic carbocycles. The lowest BCUT2D eigenvalue weighted by Crippen LogP contribution is -2.38. The molecule has 0 saturated heterocycles. The van der Waals surface area contributed by atoms with E-state index in [4.69, 9.17) is 11.6 Å². The van der Waals surface area contributed by atoms with Crippen molar-refractivity contribution in [2.75, 3.05) is 0 Å². The number of phenolic OH excluding ortho intramolecular Hbond substituents is 1. The summed E-state index contributed by atoms with van der Waals surface area (Å²) in [6.07, 6.45) is 4.01. The molecule has 98 valence electrons. The third kappa shape index (κ3) is 1.97. The van der Waals surface area contributed by atoms with Crippen LogP contribution in [0.3, 0.4) is 0 Å². The van der Waals surface area contributed by atoms with E-state index in [1.165, 1.54) is 0 Å². The molecule has 1 aliphatic carbocycles. The minimum Gasteiger partial charge on any atom is -0.506 e. The van der Waals surface area contributed by atoms with E-state index in [1.807, 2.05) is 0 Å². The first-order valence-corrected chi connectivity index (χ1v) is 6.59. The first kappa shape index (κ1) is 13.2. The van der Waals surface area contributed by atoms with Crippen LogP contribution in [0.1, 0.15) is 43.2 Å². The molecule has 0 atom stereocenters. The fourth-order valence-electron chi connectivity index (χ4n) is 2.78. The summed E-state index contributed by atoms with van der Waals surface area (Å²) in [5.74, 6) is -0.840. The van der Waals surface area contributed by atoms with Gasteiger partial charge in [-0.1, -0.05) is 43.0 Å². The van der Waals surface area contributed by atoms with Crippen molar-refractivity contribution in [1.29, 1.82) is 0 Å². The number of rotatable bonds is 2. The number of aliphatic carboxylic acids is 1. The van der Waals surface area contributed by atoms with E-state index < -0.39 is 11.4 Å². The lowest BCUT2D eigenvalue weighted by Gasteiger charge is -2.34. The van der Waals surface area contributed by atoms with Crippen molar-refractivity contribution in [3.05, 3.63) is 28.3 Å². The van der Waals surface area contributed by atoms with E-state index in [0.717, 1.165) is 19.3 Å². The van der Waals surface area contributed by atoms with Crippen molar-refractivity contribution < 1.29 is 15.0 Å². The number of carboxylic acids is 1. The Bertz CT molecular complexity index is 476. The predicted octanol–water partition coefficient (Wildman–Crippen LogP) is 3.64. The summed E-state index contributed by atoms with van der Waals surface area (Å²) in [7, 11) is 0. The van der Waals surface area contributed by atoms with E-state index >= 15 is 0 Å². The van der Waals surface area contributed by atoms with E-state index in [0.29, 0.717) is 24.0 Å². The summed E-state index contributed by atoms with van der Waals surface area (Å²) in [5.41, 5.74) is 0.292. The molecule has 0 spiro atoms. The highest BCUT2D eigenvalue weighted by molar-refractivity contribution is 6.33. The van der Waals surface area contributed by atoms with E-state index in [-0.39, 0.29) is 10.8 Å². The van der Waals surface area contributed by atoms with Crippen molar-refractivity contribution in [2.24, 2.45) is 0 Å². The van der Waals surface area contributed by atoms with Crippen molar-refractivity contribution in [1.82, 2.24) is 0 Å². The summed E-state index contributed by atoms with van der Waals surface area (Å²) in [5, 5.41) is 19.7. The molecule has 0 amide bonds. The van der Waals surface area contributed by atoms with Crippen molar-refractivity contribution >= 4 is 17.6 Å². The van der Waals surface area contributed by atoms with Crippen LogP contribution < -0.4 is 0 Å². The lowest BCUT2D eigenvalue weighted by atomic mass is 9.69. The monoisotopic (exact) mass is 268 g/mol. The molecule has 0 radical (unpaired) electrons. The van der Waals surface area contributed by atoms with Gasteiger partial charge in [-0.25, -0.2) is 0 Å². The minimum absolute atomic E-state index is 0.000338. The summed E-state index contributed by atoms with van der Waals surface area (Å²) in [6.45, 7) is 1.75. The molecular weight excluding hydrogens is 252 g/mol. The number of aryl methyl sites for hydroxylation is 1. The fraction of sp³-hybridized carbons (Fsp3) is 0.500. The van der Waals surface area contributed by atoms with Crippen LogP contribution in [0.4, 0.5) is 0 Å². The molecule has 1 saturated carbocycles. The topological polar surface area (TPSA) is 57.5 Å². The Morgan fingerprint density at radius 3 is 2.44 bits per heavy atom. The second-order valence-corrected chi connectivity index (χ2v) is 5.42. The lowest BCUT2D eigenvalue weighted by molar-refractivity contribution is -0.145. The van der Waals surface area contributed by atoms with E-state index in [2.05, 4.69) is 0 Å². The standard InChI is InChI=1S/C14H17ClO3/c1-9-5-6-10(11(15)12(9)16)14(13(17)18)7-3-2-4-8-14/h5-6,16H,2-4,7-8H2,1H3,(H,17,18). The molecular formula is C14H17ClO3. The van der Waals surface area contributed by atoms with Crippen LogP contribution in [0.25, 0.3) is 0 Å². The first-order chi connectivity index (χ1) is 8.49. The largest absolute Gasteiger partial charge is 0.506 e. The molecule has 0 aliphatic heterocycles. The zero-order valence-electron chi connectivity index (χ0n) is 10.4. The number of carboxylic acid groups (broad SMARTS) is 1. The summed E-state index contributed by atoms with van der Waals surface area (Å²) >= 11 is 6.15. The van der Waals surface area contributed by atoms with Crippen molar-refractivity contribution in [3.63, 3.8) is 0 Å². The van der Waals surface area contributed by atoms with Gasteiger partial charge < -0.3 is 10.2 Å². The average Bonchev–Trinajstić information content (AvgIpc) is 2.37. The molecule has 1 fully saturated rings. The van der Waals surface area contributed by atoms with Gasteiger partial charge in [0.25, 0.3) is 0 Å². The molecule has 0 bridgehead atoms. The maximum absolute atomic E-state index is 11.7. The van der Waals surface area contributed by atoms with Crippen molar-refractivity contribution in [3.8, 4) is 5.75 Å². The van der Waals surface area contributed by atoms with Gasteiger partial charge in [0.1, 0.15) is 5.75 Å². The number of aromatic hydroxyl groups is 1. The Labute approximate surface area is 111 Å². The molecule has 18 heavy (non-hydrogen) atoms. The highest BCUT2D eigenvalue weighted by Gasteiger charge is 2.43. The zero-order chi connectivity index (χ0) is 13.3. The molecule has 0 heterocycles. The Balaban J connectivity index is 2.56. The Hall–Kier alpha value is -1.22. The minimum atomic E-state index is -0.930. The highest BCUT2D eigenvalue weighted by atomic mass is 35.5. The van der Waals surface area contributed by atoms with Gasteiger partial charge in [0.05, 0.1) is 10.4 Å². The van der Waals surface area contributed by atoms with Gasteiger partial charge >= 0.3 is 5.97 Å². The average molecular weight is 269 g/mol. The number of hydrogen-bond donors (Lipinski definition) is 2. The van der Waals surface area contributed by atoms with Crippen LogP contribution in [0.15, 0.2) is 12.1 Å².